The van der Waals surface area contributed by atoms with E-state index in [2.05, 4.69) is 9.58 Å². The fraction of sp³-hybridized carbons (Fsp3) is 0.167. The maximum atomic E-state index is 8.59. The molecule has 0 N–H and O–H groups in total. The van der Waals surface area contributed by atoms with Crippen LogP contribution in [0.15, 0.2) is 47.6 Å². The van der Waals surface area contributed by atoms with Crippen LogP contribution in [0.25, 0.3) is 11.1 Å². The minimum atomic E-state index is 0.633. The summed E-state index contributed by atoms with van der Waals surface area (Å²) in [5.41, 5.74) is 20.7. The van der Waals surface area contributed by atoms with Crippen molar-refractivity contribution in [3.8, 4) is 0 Å². The van der Waals surface area contributed by atoms with Crippen LogP contribution in [0.1, 0.15) is 12.8 Å². The number of nitrogens with zero attached hydrogens (tertiary/aromatic N) is 4. The Bertz CT molecular complexity index is 483. The van der Waals surface area contributed by atoms with Gasteiger partial charge in [0.05, 0.1) is 12.8 Å². The third kappa shape index (κ3) is 2.04. The fourth-order valence-electron chi connectivity index (χ4n) is 1.65. The predicted molar refractivity (Wildman–Crippen MR) is 60.9 cm³/mol. The van der Waals surface area contributed by atoms with Crippen LogP contribution in [0.5, 0.6) is 0 Å². The Balaban J connectivity index is 2.19. The fourth-order valence-corrected chi connectivity index (χ4v) is 1.65. The quantitative estimate of drug-likeness (QED) is 0.469. The SMILES string of the molecule is [N-]=[N+]=C1C=CC(C2=CCC(=[N+]=[N-])C=C2)=CC1. The van der Waals surface area contributed by atoms with Crippen LogP contribution >= 0.6 is 0 Å². The summed E-state index contributed by atoms with van der Waals surface area (Å²) in [6.07, 6.45) is 12.7. The monoisotopic (exact) mass is 210 g/mol. The van der Waals surface area contributed by atoms with Crippen molar-refractivity contribution in [1.82, 2.24) is 0 Å². The zero-order valence-corrected chi connectivity index (χ0v) is 8.67. The molecule has 0 heterocycles. The molecular weight excluding hydrogens is 200 g/mol. The van der Waals surface area contributed by atoms with Gasteiger partial charge < -0.3 is 11.1 Å². The highest BCUT2D eigenvalue weighted by Crippen LogP contribution is 2.20. The molecule has 0 aromatic carbocycles. The van der Waals surface area contributed by atoms with Crippen molar-refractivity contribution in [2.24, 2.45) is 0 Å². The van der Waals surface area contributed by atoms with Crippen molar-refractivity contribution >= 4 is 11.4 Å². The standard InChI is InChI=1S/C12H10N4/c13-15-11-5-1-9(2-6-11)10-3-7-12(16-14)8-4-10/h1-5,7H,6,8H2. The maximum absolute atomic E-state index is 8.59. The third-order valence-corrected chi connectivity index (χ3v) is 2.56. The van der Waals surface area contributed by atoms with Crippen molar-refractivity contribution in [3.63, 3.8) is 0 Å². The van der Waals surface area contributed by atoms with Crippen LogP contribution < -0.4 is 0 Å². The second-order valence-corrected chi connectivity index (χ2v) is 3.58. The van der Waals surface area contributed by atoms with E-state index in [9.17, 15) is 0 Å². The molecular formula is C12H10N4. The second-order valence-electron chi connectivity index (χ2n) is 3.58. The molecule has 2 aliphatic rings. The summed E-state index contributed by atoms with van der Waals surface area (Å²) in [6, 6.07) is 0. The maximum Gasteiger partial charge on any atom is 0.295 e. The lowest BCUT2D eigenvalue weighted by Crippen LogP contribution is -2.03. The molecule has 0 bridgehead atoms. The van der Waals surface area contributed by atoms with Crippen molar-refractivity contribution in [2.45, 2.75) is 12.8 Å². The average molecular weight is 210 g/mol. The molecule has 4 nitrogen and oxygen atoms in total. The minimum Gasteiger partial charge on any atom is -0.361 e. The zero-order chi connectivity index (χ0) is 11.4. The van der Waals surface area contributed by atoms with E-state index >= 15 is 0 Å². The Morgan fingerprint density at radius 1 is 0.750 bits per heavy atom. The average Bonchev–Trinajstić information content (AvgIpc) is 2.39. The predicted octanol–water partition coefficient (Wildman–Crippen LogP) is 2.10. The summed E-state index contributed by atoms with van der Waals surface area (Å²) >= 11 is 0. The van der Waals surface area contributed by atoms with Gasteiger partial charge in [-0.15, -0.1) is 0 Å². The number of allylic oxidation sites excluding steroid dienone is 8. The smallest absolute Gasteiger partial charge is 0.295 e. The molecule has 4 heteroatoms. The summed E-state index contributed by atoms with van der Waals surface area (Å²) in [6.45, 7) is 0. The van der Waals surface area contributed by atoms with Crippen LogP contribution in [0.3, 0.4) is 0 Å². The van der Waals surface area contributed by atoms with Gasteiger partial charge in [0.2, 0.25) is 0 Å². The molecule has 0 aromatic heterocycles. The van der Waals surface area contributed by atoms with Crippen LogP contribution in [0.2, 0.25) is 0 Å². The highest BCUT2D eigenvalue weighted by atomic mass is 14.9. The molecule has 0 saturated carbocycles. The van der Waals surface area contributed by atoms with Crippen LogP contribution in [-0.2, 0) is 0 Å². The number of hydrogen-bond acceptors (Lipinski definition) is 0. The normalized spacial score (nSPS) is 18.8. The molecule has 2 rings (SSSR count). The van der Waals surface area contributed by atoms with Gasteiger partial charge in [-0.2, -0.15) is 9.58 Å². The van der Waals surface area contributed by atoms with E-state index in [1.54, 1.807) is 12.2 Å². The molecule has 0 amide bonds. The van der Waals surface area contributed by atoms with Gasteiger partial charge in [-0.25, -0.2) is 0 Å². The van der Waals surface area contributed by atoms with Gasteiger partial charge in [0, 0.05) is 12.2 Å². The molecule has 2 aliphatic carbocycles. The van der Waals surface area contributed by atoms with Crippen molar-refractivity contribution in [2.75, 3.05) is 0 Å². The van der Waals surface area contributed by atoms with Gasteiger partial charge in [-0.1, -0.05) is 12.2 Å². The van der Waals surface area contributed by atoms with Crippen LogP contribution in [-0.4, -0.2) is 21.0 Å². The first-order valence-corrected chi connectivity index (χ1v) is 5.02. The van der Waals surface area contributed by atoms with Crippen molar-refractivity contribution in [3.05, 3.63) is 58.7 Å². The highest BCUT2D eigenvalue weighted by Gasteiger charge is 2.13. The van der Waals surface area contributed by atoms with Gasteiger partial charge in [0.15, 0.2) is 0 Å². The van der Waals surface area contributed by atoms with Crippen molar-refractivity contribution in [1.29, 1.82) is 0 Å². The topological polar surface area (TPSA) is 72.8 Å². The van der Waals surface area contributed by atoms with E-state index in [1.807, 2.05) is 24.3 Å². The molecule has 0 saturated heterocycles. The van der Waals surface area contributed by atoms with E-state index < -0.39 is 0 Å². The number of rotatable bonds is 1. The van der Waals surface area contributed by atoms with Gasteiger partial charge in [-0.3, -0.25) is 0 Å². The lowest BCUT2D eigenvalue weighted by molar-refractivity contribution is -0.00594. The zero-order valence-electron chi connectivity index (χ0n) is 8.67. The molecule has 0 aromatic rings. The van der Waals surface area contributed by atoms with Crippen LogP contribution in [0.4, 0.5) is 0 Å². The first kappa shape index (κ1) is 10.2. The molecule has 0 radical (unpaired) electrons. The molecule has 0 spiro atoms. The van der Waals surface area contributed by atoms with E-state index in [1.165, 1.54) is 0 Å². The van der Waals surface area contributed by atoms with E-state index in [-0.39, 0.29) is 0 Å². The van der Waals surface area contributed by atoms with Gasteiger partial charge in [0.25, 0.3) is 11.4 Å². The second kappa shape index (κ2) is 4.49. The van der Waals surface area contributed by atoms with E-state index in [0.29, 0.717) is 24.3 Å². The first-order valence-electron chi connectivity index (χ1n) is 5.02. The Morgan fingerprint density at radius 3 is 1.44 bits per heavy atom. The first-order chi connectivity index (χ1) is 7.83. The summed E-state index contributed by atoms with van der Waals surface area (Å²) in [7, 11) is 0. The van der Waals surface area contributed by atoms with Crippen LogP contribution in [0, 0.1) is 0 Å². The van der Waals surface area contributed by atoms with Gasteiger partial charge in [0.1, 0.15) is 0 Å². The van der Waals surface area contributed by atoms with Crippen molar-refractivity contribution < 1.29 is 9.58 Å². The highest BCUT2D eigenvalue weighted by molar-refractivity contribution is 5.95. The summed E-state index contributed by atoms with van der Waals surface area (Å²) in [4.78, 5) is 6.30. The Kier molecular flexibility index (Phi) is 2.88. The lowest BCUT2D eigenvalue weighted by Gasteiger charge is -2.08. The lowest BCUT2D eigenvalue weighted by atomic mass is 9.94. The Hall–Kier alpha value is -2.28. The summed E-state index contributed by atoms with van der Waals surface area (Å²) in [5.74, 6) is 0. The van der Waals surface area contributed by atoms with E-state index in [0.717, 1.165) is 11.1 Å². The molecule has 0 atom stereocenters. The van der Waals surface area contributed by atoms with E-state index in [4.69, 9.17) is 11.1 Å². The number of hydrogen-bond donors (Lipinski definition) is 0. The molecule has 0 fully saturated rings. The summed E-state index contributed by atoms with van der Waals surface area (Å²) < 4.78 is 0. The molecule has 0 aliphatic heterocycles. The molecule has 78 valence electrons. The summed E-state index contributed by atoms with van der Waals surface area (Å²) in [5, 5.41) is 0. The molecule has 16 heavy (non-hydrogen) atoms. The van der Waals surface area contributed by atoms with Gasteiger partial charge in [-0.05, 0) is 23.3 Å². The largest absolute Gasteiger partial charge is 0.361 e. The molecule has 0 unspecified atom stereocenters. The Morgan fingerprint density at radius 2 is 1.19 bits per heavy atom. The van der Waals surface area contributed by atoms with Gasteiger partial charge >= 0.3 is 0 Å². The minimum absolute atomic E-state index is 0.633. The Labute approximate surface area is 93.1 Å². The third-order valence-electron chi connectivity index (χ3n) is 2.56.